The molecule has 0 unspecified atom stereocenters. The Morgan fingerprint density at radius 2 is 1.10 bits per heavy atom. The van der Waals surface area contributed by atoms with Crippen LogP contribution in [-0.4, -0.2) is 171 Å². The number of carboxylic acid groups (broad SMARTS) is 2. The number of rotatable bonds is 23. The van der Waals surface area contributed by atoms with Crippen LogP contribution in [0.3, 0.4) is 0 Å². The van der Waals surface area contributed by atoms with Crippen molar-refractivity contribution in [2.24, 2.45) is 44.3 Å². The lowest BCUT2D eigenvalue weighted by atomic mass is 9.84. The molecule has 14 N–H and O–H groups in total. The molecule has 0 spiro atoms. The number of aliphatic carboxylic acids is 2. The highest BCUT2D eigenvalue weighted by molar-refractivity contribution is 7.84. The maximum absolute atomic E-state index is 13.2. The van der Waals surface area contributed by atoms with Gasteiger partial charge in [-0.3, -0.25) is 28.3 Å². The van der Waals surface area contributed by atoms with E-state index in [-0.39, 0.29) is 74.0 Å². The summed E-state index contributed by atoms with van der Waals surface area (Å²) < 4.78 is 66.5. The molecular weight excluding hydrogens is 1060 g/mol. The summed E-state index contributed by atoms with van der Waals surface area (Å²) in [6.45, 7) is 3.91. The van der Waals surface area contributed by atoms with E-state index in [4.69, 9.17) is 38.3 Å². The molecule has 0 bridgehead atoms. The number of carbonyl (C=O) groups is 6. The van der Waals surface area contributed by atoms with Gasteiger partial charge in [0.2, 0.25) is 23.0 Å². The van der Waals surface area contributed by atoms with Gasteiger partial charge in [-0.25, -0.2) is 33.2 Å². The number of nitrogens with zero attached hydrogens (tertiary/aromatic N) is 15. The van der Waals surface area contributed by atoms with Crippen LogP contribution in [0.1, 0.15) is 63.6 Å². The maximum atomic E-state index is 13.2. The highest BCUT2D eigenvalue weighted by atomic mass is 32.2. The molecule has 0 radical (unpaired) electrons. The first-order chi connectivity index (χ1) is 33.8. The molecule has 4 atom stereocenters. The van der Waals surface area contributed by atoms with Gasteiger partial charge in [-0.05, 0) is 38.1 Å². The Morgan fingerprint density at radius 3 is 1.41 bits per heavy atom. The first kappa shape index (κ1) is 56.1. The third kappa shape index (κ3) is 13.6. The lowest BCUT2D eigenvalue weighted by Gasteiger charge is -2.43. The van der Waals surface area contributed by atoms with E-state index in [1.54, 1.807) is 0 Å². The number of hydrogen-bond donors (Lipinski definition) is 9. The Kier molecular flexibility index (Phi) is 16.8. The predicted octanol–water partition coefficient (Wildman–Crippen LogP) is -4.60. The molecule has 396 valence electrons. The largest absolute Gasteiger partial charge is 0.478 e. The second-order valence-corrected chi connectivity index (χ2v) is 20.5. The van der Waals surface area contributed by atoms with Gasteiger partial charge in [0.05, 0.1) is 43.6 Å². The monoisotopic (exact) mass is 1100 g/mol. The van der Waals surface area contributed by atoms with Crippen LogP contribution in [0.15, 0.2) is 26.1 Å². The lowest BCUT2D eigenvalue weighted by molar-refractivity contribution is -0.161. The molecule has 0 aromatic carbocycles. The molecule has 0 aliphatic carbocycles. The highest BCUT2D eigenvalue weighted by Crippen LogP contribution is 2.35. The zero-order valence-electron chi connectivity index (χ0n) is 38.1. The molecule has 36 nitrogen and oxygen atoms in total. The summed E-state index contributed by atoms with van der Waals surface area (Å²) in [6, 6.07) is -2.52. The lowest BCUT2D eigenvalue weighted by Crippen LogP contribution is -2.64. The van der Waals surface area contributed by atoms with Gasteiger partial charge in [0.1, 0.15) is 17.9 Å². The minimum atomic E-state index is -5.00. The summed E-state index contributed by atoms with van der Waals surface area (Å²) in [4.78, 5) is 97.7. The van der Waals surface area contributed by atoms with E-state index >= 15 is 0 Å². The van der Waals surface area contributed by atoms with Crippen molar-refractivity contribution in [2.45, 2.75) is 90.0 Å². The van der Waals surface area contributed by atoms with Crippen molar-refractivity contribution in [2.75, 3.05) is 11.5 Å². The van der Waals surface area contributed by atoms with Crippen molar-refractivity contribution in [1.29, 1.82) is 0 Å². The maximum Gasteiger partial charge on any atom is 0.362 e. The van der Waals surface area contributed by atoms with Crippen LogP contribution < -0.4 is 28.7 Å². The summed E-state index contributed by atoms with van der Waals surface area (Å²) in [6.07, 6.45) is -1.20. The third-order valence-electron chi connectivity index (χ3n) is 10.0. The van der Waals surface area contributed by atoms with Crippen LogP contribution in [0.25, 0.3) is 0 Å². The van der Waals surface area contributed by atoms with Gasteiger partial charge in [0, 0.05) is 23.6 Å². The van der Waals surface area contributed by atoms with Crippen LogP contribution in [0.2, 0.25) is 0 Å². The van der Waals surface area contributed by atoms with E-state index in [9.17, 15) is 64.9 Å². The number of anilines is 2. The van der Waals surface area contributed by atoms with Gasteiger partial charge in [0.15, 0.2) is 50.9 Å². The number of guanidine groups is 1. The van der Waals surface area contributed by atoms with Gasteiger partial charge in [-0.15, -0.1) is 43.1 Å². The van der Waals surface area contributed by atoms with Gasteiger partial charge < -0.3 is 48.6 Å². The van der Waals surface area contributed by atoms with Crippen molar-refractivity contribution >= 4 is 106 Å². The zero-order valence-corrected chi connectivity index (χ0v) is 41.4. The fourth-order valence-corrected chi connectivity index (χ4v) is 9.11. The van der Waals surface area contributed by atoms with Gasteiger partial charge in [0.25, 0.3) is 0 Å². The Balaban J connectivity index is 0.000000272. The topological polar surface area (TPSA) is 557 Å². The van der Waals surface area contributed by atoms with Crippen LogP contribution in [0.5, 0.6) is 0 Å². The number of nitrogen functional groups attached to an aromatic ring is 2. The number of carbonyl (C=O) groups excluding carboxylic acids is 4. The fourth-order valence-electron chi connectivity index (χ4n) is 6.18. The first-order valence-corrected chi connectivity index (χ1v) is 24.8. The highest BCUT2D eigenvalue weighted by Gasteiger charge is 2.56. The average Bonchev–Trinajstić information content (AvgIpc) is 4.12. The average molecular weight is 1110 g/mol. The molecular formula is C33H44N20O16S4. The predicted molar refractivity (Wildman–Crippen MR) is 245 cm³/mol. The minimum absolute atomic E-state index is 0.0285. The smallest absolute Gasteiger partial charge is 0.362 e. The quantitative estimate of drug-likeness (QED) is 0.0111. The van der Waals surface area contributed by atoms with Crippen LogP contribution in [-0.2, 0) is 85.2 Å². The number of hydrogen-bond acceptors (Lipinski definition) is 28. The zero-order chi connectivity index (χ0) is 54.5. The summed E-state index contributed by atoms with van der Waals surface area (Å²) >= 11 is 1.94. The molecule has 0 saturated carbocycles. The summed E-state index contributed by atoms with van der Waals surface area (Å²) in [7, 11) is -9.94. The van der Waals surface area contributed by atoms with Crippen molar-refractivity contribution < 1.29 is 74.6 Å². The third-order valence-corrected chi connectivity index (χ3v) is 13.2. The van der Waals surface area contributed by atoms with Crippen molar-refractivity contribution in [1.82, 2.24) is 59.0 Å². The number of aromatic nitrogens is 10. The Hall–Kier alpha value is -7.79. The Morgan fingerprint density at radius 1 is 0.712 bits per heavy atom. The van der Waals surface area contributed by atoms with E-state index < -0.39 is 115 Å². The molecule has 73 heavy (non-hydrogen) atoms. The number of nitrogens with two attached hydrogens (primary N) is 5. The van der Waals surface area contributed by atoms with E-state index in [2.05, 4.69) is 56.1 Å². The molecule has 4 aromatic rings. The number of tetrazole rings is 2. The number of amides is 2. The summed E-state index contributed by atoms with van der Waals surface area (Å²) in [5.41, 5.74) is 22.6. The number of Topliss-reactive ketones (excluding diaryl/α,β-unsaturated/α-hetero) is 2. The normalized spacial score (nSPS) is 18.5. The fraction of sp³-hybridized carbons (Fsp3) is 0.485. The van der Waals surface area contributed by atoms with E-state index in [1.165, 1.54) is 38.5 Å². The van der Waals surface area contributed by atoms with Crippen molar-refractivity contribution in [3.05, 3.63) is 33.8 Å². The van der Waals surface area contributed by atoms with Crippen LogP contribution in [0, 0.1) is 11.8 Å². The number of ketones is 2. The van der Waals surface area contributed by atoms with Crippen LogP contribution >= 0.6 is 22.7 Å². The van der Waals surface area contributed by atoms with E-state index in [0.29, 0.717) is 0 Å². The minimum Gasteiger partial charge on any atom is -0.478 e. The molecule has 2 fully saturated rings. The van der Waals surface area contributed by atoms with E-state index in [1.807, 2.05) is 0 Å². The second kappa shape index (κ2) is 21.9. The SMILES string of the molecule is CC(C)(O/N=C(\C(=O)C[C@@H]1C(=O)N(S(=O)(=O)O)[C@@H]1Cn1nnc(CN)n1)c1csc(N)n1)C(=O)O.CC(C)(O/N=C(\C(=O)C[C@@H]1C(=O)N(S(=O)(=O)O)[C@@H]1Cn1nnc(CN=C(N)N)n1)c1csc(N)n1)C(=O)O. The van der Waals surface area contributed by atoms with Gasteiger partial charge in [-0.1, -0.05) is 10.3 Å². The molecule has 6 heterocycles. The van der Waals surface area contributed by atoms with Gasteiger partial charge >= 0.3 is 32.5 Å². The summed E-state index contributed by atoms with van der Waals surface area (Å²) in [5, 5.41) is 51.4. The van der Waals surface area contributed by atoms with Gasteiger partial charge in [-0.2, -0.15) is 26.4 Å². The van der Waals surface area contributed by atoms with E-state index in [0.717, 1.165) is 32.3 Å². The molecule has 2 amide bonds. The number of β-lactam (4-membered cyclic amide) rings is 2. The molecule has 40 heteroatoms. The molecule has 4 aromatic heterocycles. The Bertz CT molecular complexity index is 3100. The number of thiazole rings is 2. The molecule has 6 rings (SSSR count). The first-order valence-electron chi connectivity index (χ1n) is 20.2. The Labute approximate surface area is 418 Å². The molecule has 2 aliphatic heterocycles. The molecule has 2 aliphatic rings. The standard InChI is InChI=1S/C17H23N11O8S2.C16H21N9O8S2/c1-17(2,14(31)32)36-25-12(8-6-37-16(20)22-8)10(29)3-7-9(28(13(7)30)38(33,34)35)5-27-24-11(23-26-27)4-21-15(18)19;1-16(2,14(28)29)33-22-12(8-6-34-15(18)19-8)10(26)3-7-9(25(13(7)27)35(30,31)32)5-24-21-11(4-17)20-23-24/h6-7,9H,3-5H2,1-2H3,(H2,20,22)(H,31,32)(H4,18,19,21)(H,33,34,35);6-7,9H,3-5,17H2,1-2H3,(H2,18,19)(H,28,29)(H,30,31,32)/b25-12-;22-12-/t2*7-,9+/m00/s1. The number of oxime groups is 2. The second-order valence-electron chi connectivity index (χ2n) is 16.1. The van der Waals surface area contributed by atoms with Crippen LogP contribution in [0.4, 0.5) is 10.3 Å². The van der Waals surface area contributed by atoms with Crippen molar-refractivity contribution in [3.63, 3.8) is 0 Å². The van der Waals surface area contributed by atoms with Crippen molar-refractivity contribution in [3.8, 4) is 0 Å². The summed E-state index contributed by atoms with van der Waals surface area (Å²) in [5.74, 6) is -9.01. The number of carboxylic acids is 2. The number of aliphatic imine (C=N–C) groups is 1. The molecule has 2 saturated heterocycles.